The number of hydrogen-bond acceptors (Lipinski definition) is 4. The number of aromatic nitrogens is 2. The van der Waals surface area contributed by atoms with Crippen molar-refractivity contribution >= 4 is 0 Å². The van der Waals surface area contributed by atoms with Gasteiger partial charge in [-0.25, -0.2) is 4.98 Å². The number of nitrogens with one attached hydrogen (secondary N) is 1. The lowest BCUT2D eigenvalue weighted by Crippen LogP contribution is -2.24. The van der Waals surface area contributed by atoms with Crippen LogP contribution < -0.4 is 5.32 Å². The number of imidazole rings is 1. The third-order valence-electron chi connectivity index (χ3n) is 2.44. The molecule has 0 saturated heterocycles. The Morgan fingerprint density at radius 1 is 1.33 bits per heavy atom. The van der Waals surface area contributed by atoms with Gasteiger partial charge in [-0.3, -0.25) is 0 Å². The maximum atomic E-state index is 5.71. The van der Waals surface area contributed by atoms with E-state index in [1.807, 2.05) is 12.4 Å². The molecule has 0 unspecified atom stereocenters. The van der Waals surface area contributed by atoms with Crippen LogP contribution in [-0.4, -0.2) is 42.0 Å². The molecule has 1 rings (SSSR count). The molecule has 0 aromatic carbocycles. The van der Waals surface area contributed by atoms with Crippen molar-refractivity contribution in [2.75, 3.05) is 26.9 Å². The Labute approximate surface area is 109 Å². The molecule has 0 amide bonds. The zero-order chi connectivity index (χ0) is 13.4. The fraction of sp³-hybridized carbons (Fsp3) is 0.769. The molecule has 0 aliphatic heterocycles. The van der Waals surface area contributed by atoms with E-state index >= 15 is 0 Å². The van der Waals surface area contributed by atoms with Crippen molar-refractivity contribution in [3.05, 3.63) is 18.2 Å². The summed E-state index contributed by atoms with van der Waals surface area (Å²) in [5.74, 6) is 1.03. The smallest absolute Gasteiger partial charge is 0.122 e. The summed E-state index contributed by atoms with van der Waals surface area (Å²) >= 11 is 0. The summed E-state index contributed by atoms with van der Waals surface area (Å²) < 4.78 is 12.8. The fourth-order valence-electron chi connectivity index (χ4n) is 1.54. The first kappa shape index (κ1) is 15.1. The van der Waals surface area contributed by atoms with Gasteiger partial charge in [-0.2, -0.15) is 0 Å². The molecule has 104 valence electrons. The normalized spacial score (nSPS) is 12.0. The summed E-state index contributed by atoms with van der Waals surface area (Å²) in [5, 5.41) is 3.29. The van der Waals surface area contributed by atoms with Gasteiger partial charge in [-0.1, -0.05) is 0 Å². The largest absolute Gasteiger partial charge is 0.383 e. The van der Waals surface area contributed by atoms with Crippen molar-refractivity contribution in [3.63, 3.8) is 0 Å². The maximum Gasteiger partial charge on any atom is 0.122 e. The van der Waals surface area contributed by atoms with E-state index in [4.69, 9.17) is 9.47 Å². The molecule has 0 radical (unpaired) electrons. The lowest BCUT2D eigenvalue weighted by Gasteiger charge is -2.20. The maximum absolute atomic E-state index is 5.71. The Morgan fingerprint density at radius 3 is 2.78 bits per heavy atom. The average molecular weight is 255 g/mol. The predicted molar refractivity (Wildman–Crippen MR) is 71.5 cm³/mol. The van der Waals surface area contributed by atoms with Crippen LogP contribution in [0, 0.1) is 0 Å². The zero-order valence-electron chi connectivity index (χ0n) is 11.9. The topological polar surface area (TPSA) is 48.3 Å². The van der Waals surface area contributed by atoms with E-state index in [0.717, 1.165) is 25.5 Å². The number of nitrogens with zero attached hydrogens (tertiary/aromatic N) is 2. The van der Waals surface area contributed by atoms with E-state index in [1.165, 1.54) is 0 Å². The highest BCUT2D eigenvalue weighted by atomic mass is 16.5. The summed E-state index contributed by atoms with van der Waals surface area (Å²) in [5.41, 5.74) is -0.0859. The van der Waals surface area contributed by atoms with Gasteiger partial charge in [0.1, 0.15) is 5.82 Å². The van der Waals surface area contributed by atoms with E-state index in [2.05, 4.69) is 35.6 Å². The highest BCUT2D eigenvalue weighted by molar-refractivity contribution is 4.91. The Kier molecular flexibility index (Phi) is 6.32. The van der Waals surface area contributed by atoms with E-state index in [-0.39, 0.29) is 5.60 Å². The van der Waals surface area contributed by atoms with Gasteiger partial charge in [0.15, 0.2) is 0 Å². The van der Waals surface area contributed by atoms with Crippen molar-refractivity contribution in [2.45, 2.75) is 39.5 Å². The molecule has 1 heterocycles. The Hall–Kier alpha value is -0.910. The van der Waals surface area contributed by atoms with Crippen LogP contribution in [0.3, 0.4) is 0 Å². The second kappa shape index (κ2) is 7.51. The van der Waals surface area contributed by atoms with Gasteiger partial charge in [0.2, 0.25) is 0 Å². The first-order valence-electron chi connectivity index (χ1n) is 6.36. The van der Waals surface area contributed by atoms with Crippen molar-refractivity contribution in [3.8, 4) is 0 Å². The van der Waals surface area contributed by atoms with Gasteiger partial charge in [-0.05, 0) is 20.8 Å². The van der Waals surface area contributed by atoms with Crippen molar-refractivity contribution in [2.24, 2.45) is 0 Å². The highest BCUT2D eigenvalue weighted by Crippen LogP contribution is 2.07. The van der Waals surface area contributed by atoms with Crippen LogP contribution in [-0.2, 0) is 22.6 Å². The standard InChI is InChI=1S/C13H25N3O2/c1-13(2,3)18-10-8-16-7-5-15-12(16)11-14-6-9-17-4/h5,7,14H,6,8-11H2,1-4H3. The average Bonchev–Trinajstić information content (AvgIpc) is 2.71. The van der Waals surface area contributed by atoms with Crippen LogP contribution in [0.2, 0.25) is 0 Å². The van der Waals surface area contributed by atoms with Crippen LogP contribution in [0.25, 0.3) is 0 Å². The second-order valence-corrected chi connectivity index (χ2v) is 5.17. The Bertz CT molecular complexity index is 331. The molecule has 0 atom stereocenters. The van der Waals surface area contributed by atoms with Crippen LogP contribution in [0.15, 0.2) is 12.4 Å². The van der Waals surface area contributed by atoms with Crippen molar-refractivity contribution in [1.82, 2.24) is 14.9 Å². The summed E-state index contributed by atoms with van der Waals surface area (Å²) in [7, 11) is 1.70. The molecule has 1 aromatic heterocycles. The van der Waals surface area contributed by atoms with Crippen LogP contribution in [0.5, 0.6) is 0 Å². The molecular weight excluding hydrogens is 230 g/mol. The molecule has 0 bridgehead atoms. The summed E-state index contributed by atoms with van der Waals surface area (Å²) in [6.07, 6.45) is 3.81. The Morgan fingerprint density at radius 2 is 2.11 bits per heavy atom. The van der Waals surface area contributed by atoms with Gasteiger partial charge in [0.05, 0.1) is 25.4 Å². The molecule has 18 heavy (non-hydrogen) atoms. The summed E-state index contributed by atoms with van der Waals surface area (Å²) in [4.78, 5) is 4.33. The van der Waals surface area contributed by atoms with E-state index in [1.54, 1.807) is 7.11 Å². The van der Waals surface area contributed by atoms with Gasteiger partial charge in [0, 0.05) is 32.6 Å². The molecule has 0 aliphatic rings. The molecule has 0 spiro atoms. The minimum Gasteiger partial charge on any atom is -0.383 e. The third-order valence-corrected chi connectivity index (χ3v) is 2.44. The van der Waals surface area contributed by atoms with E-state index < -0.39 is 0 Å². The highest BCUT2D eigenvalue weighted by Gasteiger charge is 2.10. The summed E-state index contributed by atoms with van der Waals surface area (Å²) in [6.45, 7) is 10.0. The van der Waals surface area contributed by atoms with Crippen LogP contribution in [0.4, 0.5) is 0 Å². The molecule has 0 aliphatic carbocycles. The second-order valence-electron chi connectivity index (χ2n) is 5.17. The molecule has 0 fully saturated rings. The van der Waals surface area contributed by atoms with Gasteiger partial charge >= 0.3 is 0 Å². The first-order chi connectivity index (χ1) is 8.53. The van der Waals surface area contributed by atoms with Gasteiger partial charge < -0.3 is 19.4 Å². The Balaban J connectivity index is 2.31. The number of ether oxygens (including phenoxy) is 2. The van der Waals surface area contributed by atoms with E-state index in [9.17, 15) is 0 Å². The quantitative estimate of drug-likeness (QED) is 0.714. The minimum absolute atomic E-state index is 0.0859. The predicted octanol–water partition coefficient (Wildman–Crippen LogP) is 1.43. The third kappa shape index (κ3) is 6.14. The van der Waals surface area contributed by atoms with Gasteiger partial charge in [0.25, 0.3) is 0 Å². The van der Waals surface area contributed by atoms with E-state index in [0.29, 0.717) is 13.2 Å². The lowest BCUT2D eigenvalue weighted by molar-refractivity contribution is -0.00709. The minimum atomic E-state index is -0.0859. The van der Waals surface area contributed by atoms with Crippen molar-refractivity contribution < 1.29 is 9.47 Å². The van der Waals surface area contributed by atoms with Crippen LogP contribution in [0.1, 0.15) is 26.6 Å². The van der Waals surface area contributed by atoms with Crippen molar-refractivity contribution in [1.29, 1.82) is 0 Å². The lowest BCUT2D eigenvalue weighted by atomic mass is 10.2. The molecule has 1 aromatic rings. The number of methoxy groups -OCH3 is 1. The number of hydrogen-bond donors (Lipinski definition) is 1. The first-order valence-corrected chi connectivity index (χ1v) is 6.36. The zero-order valence-corrected chi connectivity index (χ0v) is 11.9. The number of rotatable bonds is 8. The molecule has 5 heteroatoms. The fourth-order valence-corrected chi connectivity index (χ4v) is 1.54. The molecular formula is C13H25N3O2. The molecule has 0 saturated carbocycles. The van der Waals surface area contributed by atoms with Crippen LogP contribution >= 0.6 is 0 Å². The summed E-state index contributed by atoms with van der Waals surface area (Å²) in [6, 6.07) is 0. The van der Waals surface area contributed by atoms with Gasteiger partial charge in [-0.15, -0.1) is 0 Å². The monoisotopic (exact) mass is 255 g/mol. The molecule has 1 N–H and O–H groups in total. The SMILES string of the molecule is COCCNCc1nccn1CCOC(C)(C)C. The molecule has 5 nitrogen and oxygen atoms in total.